The molecule has 1 atom stereocenters. The Morgan fingerprint density at radius 3 is 2.43 bits per heavy atom. The van der Waals surface area contributed by atoms with Gasteiger partial charge in [-0.25, -0.2) is 0 Å². The second-order valence-corrected chi connectivity index (χ2v) is 1.32. The second-order valence-electron chi connectivity index (χ2n) is 1.32. The molecule has 0 heterocycles. The Balaban J connectivity index is 3.55. The smallest absolute Gasteiger partial charge is 0.310 e. The first-order chi connectivity index (χ1) is 3.18. The van der Waals surface area contributed by atoms with Crippen molar-refractivity contribution in [3.05, 3.63) is 12.7 Å². The van der Waals surface area contributed by atoms with E-state index in [1.54, 1.807) is 0 Å². The van der Waals surface area contributed by atoms with Crippen LogP contribution in [0.5, 0.6) is 0 Å². The number of carboxylic acids is 1. The molecule has 1 N–H and O–H groups in total. The van der Waals surface area contributed by atoms with Crippen molar-refractivity contribution >= 4 is 5.97 Å². The molecule has 0 aliphatic carbocycles. The third-order valence-electron chi connectivity index (χ3n) is 0.678. The van der Waals surface area contributed by atoms with Gasteiger partial charge in [0, 0.05) is 0 Å². The summed E-state index contributed by atoms with van der Waals surface area (Å²) in [5.74, 6) is -1.41. The van der Waals surface area contributed by atoms with Crippen LogP contribution < -0.4 is 0 Å². The van der Waals surface area contributed by atoms with Crippen LogP contribution in [0.4, 0.5) is 0 Å². The molecule has 0 aliphatic rings. The summed E-state index contributed by atoms with van der Waals surface area (Å²) in [6.07, 6.45) is 1.14. The standard InChI is InChI=1S/C5H7O2/c1-3-4(2)5(6)7/h1,3-4H,2H3,(H,6,7). The molecule has 1 unspecified atom stereocenters. The van der Waals surface area contributed by atoms with Gasteiger partial charge in [-0.05, 0) is 6.92 Å². The zero-order chi connectivity index (χ0) is 5.86. The van der Waals surface area contributed by atoms with Gasteiger partial charge < -0.3 is 5.11 Å². The molecule has 0 aliphatic heterocycles. The van der Waals surface area contributed by atoms with Gasteiger partial charge in [-0.15, -0.1) is 0 Å². The van der Waals surface area contributed by atoms with Crippen LogP contribution >= 0.6 is 0 Å². The van der Waals surface area contributed by atoms with Gasteiger partial charge in [0.25, 0.3) is 0 Å². The Labute approximate surface area is 42.5 Å². The van der Waals surface area contributed by atoms with Crippen LogP contribution in [0.2, 0.25) is 0 Å². The molecular formula is C5H7O2. The van der Waals surface area contributed by atoms with E-state index < -0.39 is 11.9 Å². The minimum atomic E-state index is -0.887. The minimum absolute atomic E-state index is 0.528. The normalized spacial score (nSPS) is 12.7. The molecule has 0 aromatic rings. The van der Waals surface area contributed by atoms with E-state index in [4.69, 9.17) is 11.7 Å². The van der Waals surface area contributed by atoms with Crippen LogP contribution in [0.3, 0.4) is 0 Å². The Bertz CT molecular complexity index is 86.1. The molecule has 0 fully saturated rings. The lowest BCUT2D eigenvalue weighted by molar-refractivity contribution is -0.139. The second kappa shape index (κ2) is 2.39. The quantitative estimate of drug-likeness (QED) is 0.553. The average molecular weight is 99.1 g/mol. The van der Waals surface area contributed by atoms with Gasteiger partial charge in [-0.2, -0.15) is 0 Å². The van der Waals surface area contributed by atoms with Crippen molar-refractivity contribution in [2.75, 3.05) is 0 Å². The van der Waals surface area contributed by atoms with Crippen LogP contribution in [0.15, 0.2) is 6.08 Å². The van der Waals surface area contributed by atoms with Crippen molar-refractivity contribution in [3.63, 3.8) is 0 Å². The Kier molecular flexibility index (Phi) is 2.12. The fourth-order valence-corrected chi connectivity index (χ4v) is 0.0823. The number of hydrogen-bond acceptors (Lipinski definition) is 1. The molecule has 0 spiro atoms. The molecule has 7 heavy (non-hydrogen) atoms. The third-order valence-corrected chi connectivity index (χ3v) is 0.678. The van der Waals surface area contributed by atoms with Crippen LogP contribution in [-0.2, 0) is 4.79 Å². The van der Waals surface area contributed by atoms with Gasteiger partial charge in [-0.1, -0.05) is 12.7 Å². The molecule has 0 rings (SSSR count). The predicted octanol–water partition coefficient (Wildman–Crippen LogP) is 0.696. The van der Waals surface area contributed by atoms with Crippen LogP contribution in [-0.4, -0.2) is 11.1 Å². The summed E-state index contributed by atoms with van der Waals surface area (Å²) < 4.78 is 0. The van der Waals surface area contributed by atoms with Crippen molar-refractivity contribution in [1.29, 1.82) is 0 Å². The van der Waals surface area contributed by atoms with Crippen molar-refractivity contribution in [1.82, 2.24) is 0 Å². The lowest BCUT2D eigenvalue weighted by atomic mass is 10.2. The molecule has 0 saturated heterocycles. The van der Waals surface area contributed by atoms with E-state index in [1.807, 2.05) is 0 Å². The Morgan fingerprint density at radius 2 is 2.43 bits per heavy atom. The molecule has 0 aromatic carbocycles. The zero-order valence-corrected chi connectivity index (χ0v) is 4.09. The first-order valence-electron chi connectivity index (χ1n) is 1.96. The Morgan fingerprint density at radius 1 is 2.00 bits per heavy atom. The highest BCUT2D eigenvalue weighted by atomic mass is 16.4. The number of aliphatic carboxylic acids is 1. The molecule has 2 nitrogen and oxygen atoms in total. The molecule has 0 aromatic heterocycles. The van der Waals surface area contributed by atoms with Gasteiger partial charge in [0.2, 0.25) is 0 Å². The summed E-state index contributed by atoms with van der Waals surface area (Å²) in [5.41, 5.74) is 0. The van der Waals surface area contributed by atoms with E-state index in [-0.39, 0.29) is 0 Å². The molecular weight excluding hydrogens is 92.1 g/mol. The molecule has 0 bridgehead atoms. The predicted molar refractivity (Wildman–Crippen MR) is 25.7 cm³/mol. The lowest BCUT2D eigenvalue weighted by Gasteiger charge is -1.91. The van der Waals surface area contributed by atoms with Crippen LogP contribution in [0.1, 0.15) is 6.92 Å². The SMILES string of the molecule is [CH]=CC(C)C(=O)O. The summed E-state index contributed by atoms with van der Waals surface area (Å²) in [4.78, 5) is 9.82. The zero-order valence-electron chi connectivity index (χ0n) is 4.09. The summed E-state index contributed by atoms with van der Waals surface area (Å²) in [5, 5.41) is 8.07. The van der Waals surface area contributed by atoms with E-state index in [9.17, 15) is 4.79 Å². The summed E-state index contributed by atoms with van der Waals surface area (Å²) in [6.45, 7) is 6.38. The molecule has 39 valence electrons. The van der Waals surface area contributed by atoms with Crippen molar-refractivity contribution in [2.24, 2.45) is 5.92 Å². The number of hydrogen-bond donors (Lipinski definition) is 1. The minimum Gasteiger partial charge on any atom is -0.481 e. The number of rotatable bonds is 2. The third kappa shape index (κ3) is 1.98. The molecule has 0 saturated carbocycles. The molecule has 0 amide bonds. The Hall–Kier alpha value is -0.790. The molecule has 2 heteroatoms. The fourth-order valence-electron chi connectivity index (χ4n) is 0.0823. The van der Waals surface area contributed by atoms with E-state index in [1.165, 1.54) is 6.92 Å². The highest BCUT2D eigenvalue weighted by Gasteiger charge is 2.02. The number of carboxylic acid groups (broad SMARTS) is 1. The monoisotopic (exact) mass is 99.0 g/mol. The van der Waals surface area contributed by atoms with E-state index in [0.717, 1.165) is 6.08 Å². The van der Waals surface area contributed by atoms with Crippen molar-refractivity contribution < 1.29 is 9.90 Å². The fraction of sp³-hybridized carbons (Fsp3) is 0.400. The maximum absolute atomic E-state index is 9.82. The van der Waals surface area contributed by atoms with E-state index >= 15 is 0 Å². The van der Waals surface area contributed by atoms with Gasteiger partial charge in [-0.3, -0.25) is 4.79 Å². The van der Waals surface area contributed by atoms with Crippen molar-refractivity contribution in [2.45, 2.75) is 6.92 Å². The first kappa shape index (κ1) is 6.21. The topological polar surface area (TPSA) is 37.3 Å². The first-order valence-corrected chi connectivity index (χ1v) is 1.96. The van der Waals surface area contributed by atoms with Gasteiger partial charge in [0.15, 0.2) is 0 Å². The highest BCUT2D eigenvalue weighted by molar-refractivity contribution is 5.71. The van der Waals surface area contributed by atoms with Crippen molar-refractivity contribution in [3.8, 4) is 0 Å². The summed E-state index contributed by atoms with van der Waals surface area (Å²) in [6, 6.07) is 0. The summed E-state index contributed by atoms with van der Waals surface area (Å²) in [7, 11) is 0. The maximum atomic E-state index is 9.82. The van der Waals surface area contributed by atoms with Gasteiger partial charge in [0.1, 0.15) is 0 Å². The van der Waals surface area contributed by atoms with Crippen LogP contribution in [0.25, 0.3) is 0 Å². The molecule has 1 radical (unpaired) electrons. The summed E-state index contributed by atoms with van der Waals surface area (Å²) >= 11 is 0. The van der Waals surface area contributed by atoms with E-state index in [0.29, 0.717) is 0 Å². The average Bonchev–Trinajstić information content (AvgIpc) is 1.65. The highest BCUT2D eigenvalue weighted by Crippen LogP contribution is 1.91. The largest absolute Gasteiger partial charge is 0.481 e. The van der Waals surface area contributed by atoms with E-state index in [2.05, 4.69) is 0 Å². The maximum Gasteiger partial charge on any atom is 0.310 e. The van der Waals surface area contributed by atoms with Crippen LogP contribution in [0, 0.1) is 12.5 Å². The number of carbonyl (C=O) groups is 1. The van der Waals surface area contributed by atoms with Gasteiger partial charge in [0.05, 0.1) is 5.92 Å². The lowest BCUT2D eigenvalue weighted by Crippen LogP contribution is -2.04. The van der Waals surface area contributed by atoms with Gasteiger partial charge >= 0.3 is 5.97 Å².